The fourth-order valence-electron chi connectivity index (χ4n) is 2.02. The molecule has 0 spiro atoms. The smallest absolute Gasteiger partial charge is 0.262 e. The number of para-hydroxylation sites is 1. The van der Waals surface area contributed by atoms with Gasteiger partial charge in [0.2, 0.25) is 0 Å². The zero-order valence-electron chi connectivity index (χ0n) is 13.7. The highest BCUT2D eigenvalue weighted by Gasteiger charge is 2.11. The molecule has 0 atom stereocenters. The summed E-state index contributed by atoms with van der Waals surface area (Å²) in [5.41, 5.74) is 1.66. The van der Waals surface area contributed by atoms with E-state index in [0.717, 1.165) is 5.56 Å². The number of ether oxygens (including phenoxy) is 1. The number of pyridine rings is 1. The highest BCUT2D eigenvalue weighted by Crippen LogP contribution is 2.22. The summed E-state index contributed by atoms with van der Waals surface area (Å²) < 4.78 is 5.80. The van der Waals surface area contributed by atoms with Gasteiger partial charge in [0.1, 0.15) is 24.0 Å². The van der Waals surface area contributed by atoms with Crippen LogP contribution in [0.25, 0.3) is 6.08 Å². The van der Waals surface area contributed by atoms with Gasteiger partial charge in [-0.25, -0.2) is 0 Å². The van der Waals surface area contributed by atoms with Gasteiger partial charge >= 0.3 is 0 Å². The van der Waals surface area contributed by atoms with Gasteiger partial charge in [0, 0.05) is 29.6 Å². The number of carbonyl (C=O) groups excluding carboxylic acids is 1. The summed E-state index contributed by atoms with van der Waals surface area (Å²) in [6.07, 6.45) is 4.97. The van der Waals surface area contributed by atoms with Crippen LogP contribution in [0.1, 0.15) is 25.0 Å². The Hall–Kier alpha value is -3.13. The van der Waals surface area contributed by atoms with Gasteiger partial charge in [-0.1, -0.05) is 24.3 Å². The molecule has 122 valence electrons. The molecule has 5 heteroatoms. The minimum absolute atomic E-state index is 0.0358. The van der Waals surface area contributed by atoms with Crippen molar-refractivity contribution in [3.8, 4) is 11.8 Å². The second-order valence-electron chi connectivity index (χ2n) is 5.49. The minimum Gasteiger partial charge on any atom is -0.488 e. The third-order valence-electron chi connectivity index (χ3n) is 3.12. The second-order valence-corrected chi connectivity index (χ2v) is 5.49. The van der Waals surface area contributed by atoms with Crippen molar-refractivity contribution in [3.63, 3.8) is 0 Å². The Labute approximate surface area is 141 Å². The lowest BCUT2D eigenvalue weighted by Gasteiger charge is -2.10. The molecule has 0 saturated carbocycles. The van der Waals surface area contributed by atoms with Crippen LogP contribution in [0, 0.1) is 11.3 Å². The van der Waals surface area contributed by atoms with Gasteiger partial charge < -0.3 is 10.1 Å². The fraction of sp³-hybridized carbons (Fsp3) is 0.211. The molecule has 24 heavy (non-hydrogen) atoms. The predicted octanol–water partition coefficient (Wildman–Crippen LogP) is 3.09. The Kier molecular flexibility index (Phi) is 6.09. The molecule has 0 aliphatic carbocycles. The van der Waals surface area contributed by atoms with Crippen molar-refractivity contribution in [1.82, 2.24) is 10.3 Å². The number of benzene rings is 1. The lowest BCUT2D eigenvalue weighted by atomic mass is 10.1. The maximum atomic E-state index is 12.0. The van der Waals surface area contributed by atoms with Crippen LogP contribution in [0.5, 0.6) is 5.75 Å². The van der Waals surface area contributed by atoms with Gasteiger partial charge in [-0.15, -0.1) is 0 Å². The molecule has 1 heterocycles. The van der Waals surface area contributed by atoms with E-state index in [4.69, 9.17) is 4.74 Å². The summed E-state index contributed by atoms with van der Waals surface area (Å²) in [6, 6.07) is 12.9. The van der Waals surface area contributed by atoms with Crippen LogP contribution in [0.2, 0.25) is 0 Å². The molecule has 0 unspecified atom stereocenters. The summed E-state index contributed by atoms with van der Waals surface area (Å²) in [4.78, 5) is 16.1. The molecule has 0 fully saturated rings. The monoisotopic (exact) mass is 321 g/mol. The van der Waals surface area contributed by atoms with Crippen molar-refractivity contribution in [2.75, 3.05) is 0 Å². The molecule has 2 rings (SSSR count). The first kappa shape index (κ1) is 17.2. The van der Waals surface area contributed by atoms with Crippen molar-refractivity contribution >= 4 is 12.0 Å². The summed E-state index contributed by atoms with van der Waals surface area (Å²) in [5.74, 6) is 0.209. The number of aromatic nitrogens is 1. The molecule has 2 aromatic rings. The standard InChI is InChI=1S/C19H19N3O2/c1-14(2)22-19(23)17(11-20)10-16-7-3-4-8-18(16)24-13-15-6-5-9-21-12-15/h3-10,12,14H,13H2,1-2H3,(H,22,23)/b17-10+. The van der Waals surface area contributed by atoms with E-state index in [2.05, 4.69) is 10.3 Å². The Morgan fingerprint density at radius 3 is 2.79 bits per heavy atom. The molecule has 0 saturated heterocycles. The summed E-state index contributed by atoms with van der Waals surface area (Å²) >= 11 is 0. The van der Waals surface area contributed by atoms with E-state index in [1.807, 2.05) is 44.2 Å². The van der Waals surface area contributed by atoms with E-state index >= 15 is 0 Å². The zero-order valence-corrected chi connectivity index (χ0v) is 13.7. The van der Waals surface area contributed by atoms with Crippen molar-refractivity contribution in [2.24, 2.45) is 0 Å². The average Bonchev–Trinajstić information content (AvgIpc) is 2.59. The molecule has 0 radical (unpaired) electrons. The highest BCUT2D eigenvalue weighted by atomic mass is 16.5. The molecule has 1 aromatic carbocycles. The number of nitrogens with one attached hydrogen (secondary N) is 1. The average molecular weight is 321 g/mol. The molecule has 0 bridgehead atoms. The lowest BCUT2D eigenvalue weighted by molar-refractivity contribution is -0.117. The first-order valence-corrected chi connectivity index (χ1v) is 7.63. The van der Waals surface area contributed by atoms with Crippen molar-refractivity contribution < 1.29 is 9.53 Å². The largest absolute Gasteiger partial charge is 0.488 e. The lowest BCUT2D eigenvalue weighted by Crippen LogP contribution is -2.30. The van der Waals surface area contributed by atoms with E-state index in [1.54, 1.807) is 24.5 Å². The number of hydrogen-bond acceptors (Lipinski definition) is 4. The molecule has 1 aromatic heterocycles. The highest BCUT2D eigenvalue weighted by molar-refractivity contribution is 6.02. The zero-order chi connectivity index (χ0) is 17.4. The summed E-state index contributed by atoms with van der Waals surface area (Å²) in [7, 11) is 0. The predicted molar refractivity (Wildman–Crippen MR) is 91.9 cm³/mol. The third-order valence-corrected chi connectivity index (χ3v) is 3.12. The van der Waals surface area contributed by atoms with Gasteiger partial charge in [0.05, 0.1) is 0 Å². The van der Waals surface area contributed by atoms with Gasteiger partial charge in [0.15, 0.2) is 0 Å². The first-order chi connectivity index (χ1) is 11.6. The number of rotatable bonds is 6. The Morgan fingerprint density at radius 1 is 1.33 bits per heavy atom. The number of amides is 1. The summed E-state index contributed by atoms with van der Waals surface area (Å²) in [6.45, 7) is 4.05. The Morgan fingerprint density at radius 2 is 2.12 bits per heavy atom. The molecular weight excluding hydrogens is 302 g/mol. The van der Waals surface area contributed by atoms with Crippen LogP contribution in [0.4, 0.5) is 0 Å². The maximum Gasteiger partial charge on any atom is 0.262 e. The Bertz CT molecular complexity index is 762. The second kappa shape index (κ2) is 8.49. The SMILES string of the molecule is CC(C)NC(=O)/C(C#N)=C/c1ccccc1OCc1cccnc1. The number of carbonyl (C=O) groups is 1. The van der Waals surface area contributed by atoms with Gasteiger partial charge in [-0.05, 0) is 32.1 Å². The van der Waals surface area contributed by atoms with Gasteiger partial charge in [0.25, 0.3) is 5.91 Å². The van der Waals surface area contributed by atoms with Crippen LogP contribution in [0.15, 0.2) is 54.4 Å². The minimum atomic E-state index is -0.394. The normalized spacial score (nSPS) is 11.0. The summed E-state index contributed by atoms with van der Waals surface area (Å²) in [5, 5.41) is 12.0. The van der Waals surface area contributed by atoms with E-state index < -0.39 is 5.91 Å². The van der Waals surface area contributed by atoms with Crippen LogP contribution < -0.4 is 10.1 Å². The molecule has 0 aliphatic heterocycles. The molecule has 0 aliphatic rings. The third kappa shape index (κ3) is 4.96. The number of nitriles is 1. The van der Waals surface area contributed by atoms with E-state index in [9.17, 15) is 10.1 Å². The van der Waals surface area contributed by atoms with E-state index in [0.29, 0.717) is 17.9 Å². The topological polar surface area (TPSA) is 75.0 Å². The van der Waals surface area contributed by atoms with Crippen molar-refractivity contribution in [1.29, 1.82) is 5.26 Å². The van der Waals surface area contributed by atoms with E-state index in [1.165, 1.54) is 6.08 Å². The molecule has 5 nitrogen and oxygen atoms in total. The van der Waals surface area contributed by atoms with Gasteiger partial charge in [-0.3, -0.25) is 9.78 Å². The van der Waals surface area contributed by atoms with Crippen LogP contribution in [-0.4, -0.2) is 16.9 Å². The number of nitrogens with zero attached hydrogens (tertiary/aromatic N) is 2. The fourth-order valence-corrected chi connectivity index (χ4v) is 2.02. The van der Waals surface area contributed by atoms with Gasteiger partial charge in [-0.2, -0.15) is 5.26 Å². The molecule has 1 amide bonds. The molecule has 1 N–H and O–H groups in total. The maximum absolute atomic E-state index is 12.0. The van der Waals surface area contributed by atoms with Crippen molar-refractivity contribution in [3.05, 3.63) is 65.5 Å². The van der Waals surface area contributed by atoms with Crippen LogP contribution in [-0.2, 0) is 11.4 Å². The van der Waals surface area contributed by atoms with Crippen molar-refractivity contribution in [2.45, 2.75) is 26.5 Å². The van der Waals surface area contributed by atoms with E-state index in [-0.39, 0.29) is 11.6 Å². The van der Waals surface area contributed by atoms with Crippen LogP contribution >= 0.6 is 0 Å². The van der Waals surface area contributed by atoms with Crippen LogP contribution in [0.3, 0.4) is 0 Å². The quantitative estimate of drug-likeness (QED) is 0.655. The molecular formula is C19H19N3O2. The number of hydrogen-bond donors (Lipinski definition) is 1. The Balaban J connectivity index is 2.19. The first-order valence-electron chi connectivity index (χ1n) is 7.63.